The molecule has 1 aliphatic rings. The normalized spacial score (nSPS) is 24.4. The molecule has 1 saturated heterocycles. The number of Topliss-reactive ketones (excluding diaryl/α,β-unsaturated/α-hetero) is 1. The molecular weight excluding hydrogens is 245 g/mol. The fourth-order valence-electron chi connectivity index (χ4n) is 2.77. The summed E-state index contributed by atoms with van der Waals surface area (Å²) in [5.41, 5.74) is 0.0740. The molecule has 0 aromatic heterocycles. The molecule has 1 heterocycles. The number of nitrogens with zero attached hydrogens (tertiary/aromatic N) is 1. The van der Waals surface area contributed by atoms with Crippen LogP contribution in [0, 0.1) is 5.82 Å². The molecule has 2 rings (SSSR count). The summed E-state index contributed by atoms with van der Waals surface area (Å²) < 4.78 is 13.2. The number of aromatic hydroxyl groups is 1. The summed E-state index contributed by atoms with van der Waals surface area (Å²) in [4.78, 5) is 14.3. The number of hydrogen-bond acceptors (Lipinski definition) is 3. The molecule has 1 fully saturated rings. The van der Waals surface area contributed by atoms with Gasteiger partial charge in [-0.05, 0) is 44.9 Å². The van der Waals surface area contributed by atoms with Crippen LogP contribution in [-0.4, -0.2) is 34.4 Å². The van der Waals surface area contributed by atoms with Gasteiger partial charge in [-0.25, -0.2) is 4.39 Å². The first-order chi connectivity index (χ1) is 8.99. The number of phenolic OH excluding ortho intramolecular Hbond substituents is 1. The lowest BCUT2D eigenvalue weighted by Crippen LogP contribution is -2.46. The van der Waals surface area contributed by atoms with Crippen LogP contribution in [0.2, 0.25) is 0 Å². The quantitative estimate of drug-likeness (QED) is 0.854. The molecule has 104 valence electrons. The molecule has 19 heavy (non-hydrogen) atoms. The Morgan fingerprint density at radius 1 is 1.37 bits per heavy atom. The second-order valence-corrected chi connectivity index (χ2v) is 5.39. The Morgan fingerprint density at radius 2 is 2.00 bits per heavy atom. The van der Waals surface area contributed by atoms with E-state index in [1.54, 1.807) is 0 Å². The maximum Gasteiger partial charge on any atom is 0.180 e. The number of carbonyl (C=O) groups excluding carboxylic acids is 1. The highest BCUT2D eigenvalue weighted by molar-refractivity contribution is 6.00. The Bertz CT molecular complexity index is 465. The molecule has 1 aliphatic heterocycles. The Labute approximate surface area is 113 Å². The van der Waals surface area contributed by atoms with E-state index < -0.39 is 5.82 Å². The van der Waals surface area contributed by atoms with E-state index >= 15 is 0 Å². The lowest BCUT2D eigenvalue weighted by atomic mass is 9.96. The number of phenols is 1. The van der Waals surface area contributed by atoms with E-state index in [0.29, 0.717) is 12.1 Å². The van der Waals surface area contributed by atoms with Crippen molar-refractivity contribution in [2.24, 2.45) is 0 Å². The predicted molar refractivity (Wildman–Crippen MR) is 71.9 cm³/mol. The monoisotopic (exact) mass is 265 g/mol. The molecule has 0 spiro atoms. The average Bonchev–Trinajstić information content (AvgIpc) is 2.37. The van der Waals surface area contributed by atoms with Crippen molar-refractivity contribution in [3.05, 3.63) is 29.6 Å². The van der Waals surface area contributed by atoms with Gasteiger partial charge in [0.15, 0.2) is 5.78 Å². The predicted octanol–water partition coefficient (Wildman–Crippen LogP) is 2.98. The summed E-state index contributed by atoms with van der Waals surface area (Å²) in [7, 11) is 0. The van der Waals surface area contributed by atoms with E-state index in [0.717, 1.165) is 25.0 Å². The molecule has 2 atom stereocenters. The molecule has 1 aromatic carbocycles. The van der Waals surface area contributed by atoms with E-state index in [1.807, 2.05) is 0 Å². The number of likely N-dealkylation sites (tertiary alicyclic amines) is 1. The summed E-state index contributed by atoms with van der Waals surface area (Å²) in [5.74, 6) is -0.873. The van der Waals surface area contributed by atoms with Gasteiger partial charge in [0.05, 0.1) is 12.1 Å². The van der Waals surface area contributed by atoms with Crippen LogP contribution in [0.5, 0.6) is 5.75 Å². The van der Waals surface area contributed by atoms with Gasteiger partial charge in [-0.15, -0.1) is 0 Å². The molecule has 3 nitrogen and oxygen atoms in total. The first-order valence-corrected chi connectivity index (χ1v) is 6.76. The molecule has 2 unspecified atom stereocenters. The smallest absolute Gasteiger partial charge is 0.180 e. The van der Waals surface area contributed by atoms with Crippen LogP contribution in [0.1, 0.15) is 43.5 Å². The van der Waals surface area contributed by atoms with Gasteiger partial charge in [0.1, 0.15) is 11.6 Å². The number of halogens is 1. The van der Waals surface area contributed by atoms with Crippen LogP contribution in [0.3, 0.4) is 0 Å². The zero-order valence-electron chi connectivity index (χ0n) is 11.4. The first kappa shape index (κ1) is 14.0. The van der Waals surface area contributed by atoms with Crippen molar-refractivity contribution < 1.29 is 14.3 Å². The maximum atomic E-state index is 13.2. The van der Waals surface area contributed by atoms with Gasteiger partial charge >= 0.3 is 0 Å². The second kappa shape index (κ2) is 5.70. The van der Waals surface area contributed by atoms with Crippen molar-refractivity contribution in [1.29, 1.82) is 0 Å². The molecule has 1 aromatic rings. The number of rotatable bonds is 3. The van der Waals surface area contributed by atoms with Crippen molar-refractivity contribution in [3.8, 4) is 5.75 Å². The third-order valence-corrected chi connectivity index (χ3v) is 3.96. The van der Waals surface area contributed by atoms with E-state index in [9.17, 15) is 14.3 Å². The van der Waals surface area contributed by atoms with Gasteiger partial charge in [-0.3, -0.25) is 9.69 Å². The van der Waals surface area contributed by atoms with Crippen LogP contribution in [0.4, 0.5) is 4.39 Å². The van der Waals surface area contributed by atoms with Crippen molar-refractivity contribution in [1.82, 2.24) is 4.90 Å². The van der Waals surface area contributed by atoms with Crippen molar-refractivity contribution in [2.75, 3.05) is 6.54 Å². The van der Waals surface area contributed by atoms with Crippen LogP contribution in [-0.2, 0) is 0 Å². The summed E-state index contributed by atoms with van der Waals surface area (Å²) in [6, 6.07) is 4.19. The van der Waals surface area contributed by atoms with Gasteiger partial charge in [-0.1, -0.05) is 6.42 Å². The third-order valence-electron chi connectivity index (χ3n) is 3.96. The van der Waals surface area contributed by atoms with Gasteiger partial charge in [0, 0.05) is 12.1 Å². The largest absolute Gasteiger partial charge is 0.507 e. The molecule has 0 amide bonds. The molecule has 1 N–H and O–H groups in total. The number of hydrogen-bond donors (Lipinski definition) is 1. The van der Waals surface area contributed by atoms with Crippen LogP contribution in [0.15, 0.2) is 18.2 Å². The molecule has 4 heteroatoms. The third kappa shape index (κ3) is 3.13. The van der Waals surface area contributed by atoms with E-state index in [4.69, 9.17) is 0 Å². The van der Waals surface area contributed by atoms with Crippen LogP contribution >= 0.6 is 0 Å². The Kier molecular flexibility index (Phi) is 4.20. The molecule has 0 radical (unpaired) electrons. The van der Waals surface area contributed by atoms with Gasteiger partial charge in [0.25, 0.3) is 0 Å². The van der Waals surface area contributed by atoms with Gasteiger partial charge in [0.2, 0.25) is 0 Å². The lowest BCUT2D eigenvalue weighted by molar-refractivity contribution is 0.0731. The number of piperidine rings is 1. The molecular formula is C15H20FNO2. The highest BCUT2D eigenvalue weighted by Gasteiger charge is 2.27. The number of carbonyl (C=O) groups is 1. The van der Waals surface area contributed by atoms with Gasteiger partial charge < -0.3 is 5.11 Å². The SMILES string of the molecule is CC1CCCC(C)N1CC(=O)c1cc(F)ccc1O. The summed E-state index contributed by atoms with van der Waals surface area (Å²) in [6.45, 7) is 4.45. The topological polar surface area (TPSA) is 40.5 Å². The minimum absolute atomic E-state index is 0.0740. The Morgan fingerprint density at radius 3 is 2.63 bits per heavy atom. The van der Waals surface area contributed by atoms with Crippen molar-refractivity contribution >= 4 is 5.78 Å². The molecule has 0 saturated carbocycles. The van der Waals surface area contributed by atoms with Crippen LogP contribution < -0.4 is 0 Å². The van der Waals surface area contributed by atoms with Gasteiger partial charge in [-0.2, -0.15) is 0 Å². The fraction of sp³-hybridized carbons (Fsp3) is 0.533. The molecule has 0 aliphatic carbocycles. The fourth-order valence-corrected chi connectivity index (χ4v) is 2.77. The number of benzene rings is 1. The standard InChI is InChI=1S/C15H20FNO2/c1-10-4-3-5-11(2)17(10)9-15(19)13-8-12(16)6-7-14(13)18/h6-8,10-11,18H,3-5,9H2,1-2H3. The maximum absolute atomic E-state index is 13.2. The van der Waals surface area contributed by atoms with Crippen LogP contribution in [0.25, 0.3) is 0 Å². The zero-order chi connectivity index (χ0) is 14.0. The van der Waals surface area contributed by atoms with E-state index in [2.05, 4.69) is 18.7 Å². The highest BCUT2D eigenvalue weighted by Crippen LogP contribution is 2.24. The highest BCUT2D eigenvalue weighted by atomic mass is 19.1. The zero-order valence-corrected chi connectivity index (χ0v) is 11.4. The minimum atomic E-state index is -0.499. The minimum Gasteiger partial charge on any atom is -0.507 e. The van der Waals surface area contributed by atoms with Crippen molar-refractivity contribution in [3.63, 3.8) is 0 Å². The van der Waals surface area contributed by atoms with Crippen molar-refractivity contribution in [2.45, 2.75) is 45.2 Å². The Hall–Kier alpha value is -1.42. The second-order valence-electron chi connectivity index (χ2n) is 5.39. The first-order valence-electron chi connectivity index (χ1n) is 6.76. The number of ketones is 1. The Balaban J connectivity index is 2.14. The van der Waals surface area contributed by atoms with E-state index in [-0.39, 0.29) is 23.6 Å². The summed E-state index contributed by atoms with van der Waals surface area (Å²) in [6.07, 6.45) is 3.33. The lowest BCUT2D eigenvalue weighted by Gasteiger charge is -2.38. The average molecular weight is 265 g/mol. The summed E-state index contributed by atoms with van der Waals surface area (Å²) >= 11 is 0. The van der Waals surface area contributed by atoms with E-state index in [1.165, 1.54) is 12.5 Å². The summed E-state index contributed by atoms with van der Waals surface area (Å²) in [5, 5.41) is 9.66. The molecule has 0 bridgehead atoms.